The van der Waals surface area contributed by atoms with Gasteiger partial charge in [0.2, 0.25) is 5.91 Å². The normalized spacial score (nSPS) is 10.6. The number of aryl methyl sites for hydroxylation is 2. The second kappa shape index (κ2) is 9.34. The Balaban J connectivity index is 1.47. The van der Waals surface area contributed by atoms with E-state index in [2.05, 4.69) is 22.4 Å². The van der Waals surface area contributed by atoms with Gasteiger partial charge in [-0.25, -0.2) is 9.78 Å². The molecule has 0 saturated heterocycles. The average Bonchev–Trinajstić information content (AvgIpc) is 3.07. The van der Waals surface area contributed by atoms with Crippen molar-refractivity contribution in [3.05, 3.63) is 80.8 Å². The summed E-state index contributed by atoms with van der Waals surface area (Å²) in [6, 6.07) is 15.8. The number of carboxylic acids is 1. The summed E-state index contributed by atoms with van der Waals surface area (Å²) < 4.78 is 5.78. The van der Waals surface area contributed by atoms with Crippen LogP contribution in [0.25, 0.3) is 0 Å². The van der Waals surface area contributed by atoms with Gasteiger partial charge in [0.15, 0.2) is 0 Å². The van der Waals surface area contributed by atoms with Gasteiger partial charge in [-0.15, -0.1) is 11.3 Å². The van der Waals surface area contributed by atoms with Crippen LogP contribution in [-0.2, 0) is 24.4 Å². The minimum atomic E-state index is -1.02. The van der Waals surface area contributed by atoms with Crippen molar-refractivity contribution >= 4 is 23.2 Å². The molecule has 0 aliphatic heterocycles. The molecular formula is C22H22N2O4S. The summed E-state index contributed by atoms with van der Waals surface area (Å²) in [7, 11) is 0. The van der Waals surface area contributed by atoms with Gasteiger partial charge in [0.1, 0.15) is 22.2 Å². The van der Waals surface area contributed by atoms with E-state index in [0.717, 1.165) is 28.2 Å². The van der Waals surface area contributed by atoms with Crippen LogP contribution in [0.2, 0.25) is 0 Å². The van der Waals surface area contributed by atoms with E-state index >= 15 is 0 Å². The number of amides is 1. The zero-order valence-corrected chi connectivity index (χ0v) is 17.1. The Morgan fingerprint density at radius 3 is 2.31 bits per heavy atom. The van der Waals surface area contributed by atoms with Crippen molar-refractivity contribution in [2.45, 2.75) is 33.4 Å². The first-order valence-electron chi connectivity index (χ1n) is 9.14. The molecule has 1 aromatic heterocycles. The van der Waals surface area contributed by atoms with Crippen molar-refractivity contribution in [3.8, 4) is 5.75 Å². The molecule has 0 radical (unpaired) electrons. The van der Waals surface area contributed by atoms with E-state index < -0.39 is 5.97 Å². The van der Waals surface area contributed by atoms with Crippen LogP contribution in [0, 0.1) is 13.8 Å². The maximum absolute atomic E-state index is 12.1. The fourth-order valence-electron chi connectivity index (χ4n) is 2.68. The molecule has 2 aromatic carbocycles. The first kappa shape index (κ1) is 20.5. The van der Waals surface area contributed by atoms with Crippen LogP contribution in [-0.4, -0.2) is 22.0 Å². The van der Waals surface area contributed by atoms with Crippen LogP contribution in [0.15, 0.2) is 48.5 Å². The second-order valence-electron chi connectivity index (χ2n) is 6.70. The summed E-state index contributed by atoms with van der Waals surface area (Å²) in [5.74, 6) is -0.452. The molecule has 0 spiro atoms. The molecule has 1 amide bonds. The van der Waals surface area contributed by atoms with Gasteiger partial charge in [-0.1, -0.05) is 42.0 Å². The van der Waals surface area contributed by atoms with Crippen LogP contribution >= 0.6 is 11.3 Å². The monoisotopic (exact) mass is 410 g/mol. The number of nitrogens with one attached hydrogen (secondary N) is 1. The largest absolute Gasteiger partial charge is 0.489 e. The van der Waals surface area contributed by atoms with Gasteiger partial charge in [-0.3, -0.25) is 4.79 Å². The maximum atomic E-state index is 12.1. The van der Waals surface area contributed by atoms with Gasteiger partial charge in [0.25, 0.3) is 0 Å². The third-order valence-corrected chi connectivity index (χ3v) is 5.43. The van der Waals surface area contributed by atoms with E-state index in [1.54, 1.807) is 6.92 Å². The number of carbonyl (C=O) groups is 2. The van der Waals surface area contributed by atoms with Crippen molar-refractivity contribution in [3.63, 3.8) is 0 Å². The van der Waals surface area contributed by atoms with Gasteiger partial charge < -0.3 is 15.2 Å². The minimum absolute atomic E-state index is 0.0660. The third-order valence-electron chi connectivity index (χ3n) is 4.29. The van der Waals surface area contributed by atoms with Crippen LogP contribution in [0.3, 0.4) is 0 Å². The smallest absolute Gasteiger partial charge is 0.347 e. The van der Waals surface area contributed by atoms with E-state index in [0.29, 0.717) is 23.9 Å². The Morgan fingerprint density at radius 1 is 1.03 bits per heavy atom. The number of carboxylic acid groups (broad SMARTS) is 1. The Morgan fingerprint density at radius 2 is 1.69 bits per heavy atom. The molecule has 0 fully saturated rings. The lowest BCUT2D eigenvalue weighted by Crippen LogP contribution is -2.24. The molecule has 2 N–H and O–H groups in total. The fraction of sp³-hybridized carbons (Fsp3) is 0.227. The predicted molar refractivity (Wildman–Crippen MR) is 111 cm³/mol. The molecule has 0 saturated carbocycles. The number of aromatic nitrogens is 1. The number of thiazole rings is 1. The fourth-order valence-corrected chi connectivity index (χ4v) is 3.58. The summed E-state index contributed by atoms with van der Waals surface area (Å²) in [4.78, 5) is 27.5. The molecule has 3 aromatic rings. The standard InChI is InChI=1S/C22H22N2O4S/c1-14-3-5-17(6-4-14)13-28-18-9-7-16(8-10-18)12-23-19(25)11-20-24-15(2)21(29-20)22(26)27/h3-10H,11-13H2,1-2H3,(H,23,25)(H,26,27). The van der Waals surface area contributed by atoms with Gasteiger partial charge in [-0.2, -0.15) is 0 Å². The zero-order chi connectivity index (χ0) is 20.8. The SMILES string of the molecule is Cc1ccc(COc2ccc(CNC(=O)Cc3nc(C)c(C(=O)O)s3)cc2)cc1. The molecular weight excluding hydrogens is 388 g/mol. The Hall–Kier alpha value is -3.19. The van der Waals surface area contributed by atoms with Crippen LogP contribution in [0.5, 0.6) is 5.75 Å². The lowest BCUT2D eigenvalue weighted by Gasteiger charge is -2.08. The van der Waals surface area contributed by atoms with Gasteiger partial charge in [0, 0.05) is 6.54 Å². The van der Waals surface area contributed by atoms with Gasteiger partial charge >= 0.3 is 5.97 Å². The summed E-state index contributed by atoms with van der Waals surface area (Å²) in [6.45, 7) is 4.56. The molecule has 29 heavy (non-hydrogen) atoms. The van der Waals surface area contributed by atoms with E-state index in [-0.39, 0.29) is 17.2 Å². The van der Waals surface area contributed by atoms with E-state index in [9.17, 15) is 9.59 Å². The first-order chi connectivity index (χ1) is 13.9. The molecule has 0 bridgehead atoms. The minimum Gasteiger partial charge on any atom is -0.489 e. The van der Waals surface area contributed by atoms with Gasteiger partial charge in [-0.05, 0) is 37.1 Å². The van der Waals surface area contributed by atoms with Crippen LogP contribution < -0.4 is 10.1 Å². The average molecular weight is 410 g/mol. The number of nitrogens with zero attached hydrogens (tertiary/aromatic N) is 1. The summed E-state index contributed by atoms with van der Waals surface area (Å²) >= 11 is 1.04. The quantitative estimate of drug-likeness (QED) is 0.588. The molecule has 6 nitrogen and oxygen atoms in total. The number of hydrogen-bond donors (Lipinski definition) is 2. The van der Waals surface area contributed by atoms with Crippen molar-refractivity contribution in [2.75, 3.05) is 0 Å². The molecule has 0 aliphatic carbocycles. The predicted octanol–water partition coefficient (Wildman–Crippen LogP) is 3.90. The Bertz CT molecular complexity index is 995. The molecule has 150 valence electrons. The van der Waals surface area contributed by atoms with Crippen molar-refractivity contribution in [1.82, 2.24) is 10.3 Å². The Kier molecular flexibility index (Phi) is 6.61. The van der Waals surface area contributed by atoms with Crippen LogP contribution in [0.4, 0.5) is 0 Å². The number of rotatable bonds is 8. The second-order valence-corrected chi connectivity index (χ2v) is 7.78. The van der Waals surface area contributed by atoms with Crippen molar-refractivity contribution < 1.29 is 19.4 Å². The highest BCUT2D eigenvalue weighted by Crippen LogP contribution is 2.18. The van der Waals surface area contributed by atoms with Crippen molar-refractivity contribution in [1.29, 1.82) is 0 Å². The summed E-state index contributed by atoms with van der Waals surface area (Å²) in [5, 5.41) is 12.4. The Labute approximate surface area is 173 Å². The number of benzene rings is 2. The molecule has 1 heterocycles. The van der Waals surface area contributed by atoms with Crippen molar-refractivity contribution in [2.24, 2.45) is 0 Å². The lowest BCUT2D eigenvalue weighted by atomic mass is 10.2. The number of hydrogen-bond acceptors (Lipinski definition) is 5. The summed E-state index contributed by atoms with van der Waals surface area (Å²) in [5.41, 5.74) is 3.71. The van der Waals surface area contributed by atoms with E-state index in [1.807, 2.05) is 43.3 Å². The summed E-state index contributed by atoms with van der Waals surface area (Å²) in [6.07, 6.45) is 0.0660. The number of aromatic carboxylic acids is 1. The molecule has 0 aliphatic rings. The third kappa shape index (κ3) is 5.89. The van der Waals surface area contributed by atoms with Gasteiger partial charge in [0.05, 0.1) is 12.1 Å². The number of ether oxygens (including phenoxy) is 1. The van der Waals surface area contributed by atoms with E-state index in [4.69, 9.17) is 9.84 Å². The maximum Gasteiger partial charge on any atom is 0.347 e. The molecule has 0 atom stereocenters. The first-order valence-corrected chi connectivity index (χ1v) is 9.96. The highest BCUT2D eigenvalue weighted by atomic mass is 32.1. The molecule has 3 rings (SSSR count). The molecule has 7 heteroatoms. The lowest BCUT2D eigenvalue weighted by molar-refractivity contribution is -0.120. The zero-order valence-electron chi connectivity index (χ0n) is 16.3. The van der Waals surface area contributed by atoms with E-state index in [1.165, 1.54) is 5.56 Å². The highest BCUT2D eigenvalue weighted by Gasteiger charge is 2.15. The topological polar surface area (TPSA) is 88.5 Å². The number of carbonyl (C=O) groups excluding carboxylic acids is 1. The highest BCUT2D eigenvalue weighted by molar-refractivity contribution is 7.13. The molecule has 0 unspecified atom stereocenters. The van der Waals surface area contributed by atoms with Crippen LogP contribution in [0.1, 0.15) is 37.1 Å².